The van der Waals surface area contributed by atoms with Gasteiger partial charge in [-0.2, -0.15) is 0 Å². The average Bonchev–Trinajstić information content (AvgIpc) is 2.49. The highest BCUT2D eigenvalue weighted by molar-refractivity contribution is 7.91. The third kappa shape index (κ3) is 3.74. The maximum absolute atomic E-state index is 12.4. The molecule has 0 radical (unpaired) electrons. The Kier molecular flexibility index (Phi) is 4.98. The van der Waals surface area contributed by atoms with Crippen molar-refractivity contribution >= 4 is 21.4 Å². The van der Waals surface area contributed by atoms with Crippen molar-refractivity contribution < 1.29 is 13.2 Å². The Labute approximate surface area is 131 Å². The fourth-order valence-corrected chi connectivity index (χ4v) is 3.68. The van der Waals surface area contributed by atoms with E-state index in [-0.39, 0.29) is 16.2 Å². The highest BCUT2D eigenvalue weighted by atomic mass is 32.2. The van der Waals surface area contributed by atoms with Crippen LogP contribution in [0.1, 0.15) is 29.3 Å². The SMILES string of the molecule is CCCS(=O)(=O)c1ccccc1C(=O)Nc1ccc(C)cc1. The van der Waals surface area contributed by atoms with Gasteiger partial charge in [0.05, 0.1) is 16.2 Å². The van der Waals surface area contributed by atoms with Crippen molar-refractivity contribution in [1.29, 1.82) is 0 Å². The van der Waals surface area contributed by atoms with E-state index in [1.807, 2.05) is 19.1 Å². The Morgan fingerprint density at radius 1 is 1.05 bits per heavy atom. The zero-order valence-corrected chi connectivity index (χ0v) is 13.5. The van der Waals surface area contributed by atoms with Crippen LogP contribution in [0.2, 0.25) is 0 Å². The molecule has 0 aliphatic rings. The number of anilines is 1. The van der Waals surface area contributed by atoms with Crippen LogP contribution < -0.4 is 5.32 Å². The molecule has 0 aliphatic heterocycles. The van der Waals surface area contributed by atoms with Crippen LogP contribution in [0.25, 0.3) is 0 Å². The zero-order valence-electron chi connectivity index (χ0n) is 12.7. The first-order chi connectivity index (χ1) is 10.4. The average molecular weight is 317 g/mol. The summed E-state index contributed by atoms with van der Waals surface area (Å²) in [4.78, 5) is 12.5. The molecule has 0 aromatic heterocycles. The van der Waals surface area contributed by atoms with Crippen molar-refractivity contribution in [2.75, 3.05) is 11.1 Å². The Morgan fingerprint density at radius 3 is 2.32 bits per heavy atom. The zero-order chi connectivity index (χ0) is 16.2. The van der Waals surface area contributed by atoms with Gasteiger partial charge < -0.3 is 5.32 Å². The van der Waals surface area contributed by atoms with Gasteiger partial charge >= 0.3 is 0 Å². The molecule has 4 nitrogen and oxygen atoms in total. The second kappa shape index (κ2) is 6.75. The molecule has 2 aromatic rings. The molecule has 1 amide bonds. The minimum atomic E-state index is -3.45. The number of sulfone groups is 1. The lowest BCUT2D eigenvalue weighted by molar-refractivity contribution is 0.102. The molecule has 2 aromatic carbocycles. The first-order valence-corrected chi connectivity index (χ1v) is 8.79. The minimum absolute atomic E-state index is 0.0296. The summed E-state index contributed by atoms with van der Waals surface area (Å²) in [7, 11) is -3.45. The number of carbonyl (C=O) groups is 1. The first kappa shape index (κ1) is 16.2. The van der Waals surface area contributed by atoms with Gasteiger partial charge in [-0.1, -0.05) is 36.8 Å². The van der Waals surface area contributed by atoms with E-state index in [1.165, 1.54) is 12.1 Å². The molecule has 0 spiro atoms. The predicted octanol–water partition coefficient (Wildman–Crippen LogP) is 3.43. The van der Waals surface area contributed by atoms with Crippen LogP contribution in [0.3, 0.4) is 0 Å². The molecule has 0 saturated heterocycles. The van der Waals surface area contributed by atoms with Crippen LogP contribution in [-0.2, 0) is 9.84 Å². The lowest BCUT2D eigenvalue weighted by atomic mass is 10.2. The van der Waals surface area contributed by atoms with Crippen LogP contribution in [-0.4, -0.2) is 20.1 Å². The summed E-state index contributed by atoms with van der Waals surface area (Å²) in [5.41, 5.74) is 1.90. The number of nitrogens with one attached hydrogen (secondary N) is 1. The minimum Gasteiger partial charge on any atom is -0.322 e. The number of hydrogen-bond acceptors (Lipinski definition) is 3. The van der Waals surface area contributed by atoms with Crippen molar-refractivity contribution in [2.45, 2.75) is 25.2 Å². The molecule has 0 saturated carbocycles. The second-order valence-corrected chi connectivity index (χ2v) is 7.21. The van der Waals surface area contributed by atoms with Gasteiger partial charge in [-0.3, -0.25) is 4.79 Å². The number of aryl methyl sites for hydroxylation is 1. The van der Waals surface area contributed by atoms with Gasteiger partial charge in [0, 0.05) is 5.69 Å². The Hall–Kier alpha value is -2.14. The normalized spacial score (nSPS) is 11.2. The van der Waals surface area contributed by atoms with Gasteiger partial charge in [0.15, 0.2) is 9.84 Å². The van der Waals surface area contributed by atoms with E-state index >= 15 is 0 Å². The summed E-state index contributed by atoms with van der Waals surface area (Å²) in [5.74, 6) is -0.388. The summed E-state index contributed by atoms with van der Waals surface area (Å²) in [6, 6.07) is 13.7. The Morgan fingerprint density at radius 2 is 1.68 bits per heavy atom. The largest absolute Gasteiger partial charge is 0.322 e. The number of hydrogen-bond donors (Lipinski definition) is 1. The van der Waals surface area contributed by atoms with E-state index in [2.05, 4.69) is 5.32 Å². The fourth-order valence-electron chi connectivity index (χ4n) is 2.14. The smallest absolute Gasteiger partial charge is 0.256 e. The summed E-state index contributed by atoms with van der Waals surface area (Å²) in [5, 5.41) is 2.74. The molecule has 0 fully saturated rings. The second-order valence-electron chi connectivity index (χ2n) is 5.14. The molecular formula is C17H19NO3S. The van der Waals surface area contributed by atoms with E-state index in [0.717, 1.165) is 5.56 Å². The fraction of sp³-hybridized carbons (Fsp3) is 0.235. The maximum atomic E-state index is 12.4. The van der Waals surface area contributed by atoms with Crippen molar-refractivity contribution in [1.82, 2.24) is 0 Å². The summed E-state index contributed by atoms with van der Waals surface area (Å²) < 4.78 is 24.5. The molecule has 0 atom stereocenters. The lowest BCUT2D eigenvalue weighted by Crippen LogP contribution is -2.17. The Bertz CT molecular complexity index is 765. The van der Waals surface area contributed by atoms with Crippen molar-refractivity contribution in [3.63, 3.8) is 0 Å². The topological polar surface area (TPSA) is 63.2 Å². The van der Waals surface area contributed by atoms with Crippen LogP contribution in [0.4, 0.5) is 5.69 Å². The van der Waals surface area contributed by atoms with Crippen molar-refractivity contribution in [2.24, 2.45) is 0 Å². The van der Waals surface area contributed by atoms with E-state index in [0.29, 0.717) is 12.1 Å². The molecule has 1 N–H and O–H groups in total. The predicted molar refractivity (Wildman–Crippen MR) is 87.9 cm³/mol. The molecule has 5 heteroatoms. The van der Waals surface area contributed by atoms with Gasteiger partial charge in [0.1, 0.15) is 0 Å². The first-order valence-electron chi connectivity index (χ1n) is 7.14. The molecule has 2 rings (SSSR count). The van der Waals surface area contributed by atoms with Crippen molar-refractivity contribution in [3.8, 4) is 0 Å². The molecule has 0 bridgehead atoms. The summed E-state index contributed by atoms with van der Waals surface area (Å²) >= 11 is 0. The van der Waals surface area contributed by atoms with Crippen molar-refractivity contribution in [3.05, 3.63) is 59.7 Å². The van der Waals surface area contributed by atoms with Crippen LogP contribution in [0.5, 0.6) is 0 Å². The molecule has 116 valence electrons. The standard InChI is InChI=1S/C17H19NO3S/c1-3-12-22(20,21)16-7-5-4-6-15(16)17(19)18-14-10-8-13(2)9-11-14/h4-11H,3,12H2,1-2H3,(H,18,19). The van der Waals surface area contributed by atoms with E-state index in [9.17, 15) is 13.2 Å². The Balaban J connectivity index is 2.32. The maximum Gasteiger partial charge on any atom is 0.256 e. The van der Waals surface area contributed by atoms with Crippen LogP contribution >= 0.6 is 0 Å². The van der Waals surface area contributed by atoms with Gasteiger partial charge in [0.25, 0.3) is 5.91 Å². The van der Waals surface area contributed by atoms with Gasteiger partial charge in [0.2, 0.25) is 0 Å². The van der Waals surface area contributed by atoms with E-state index in [1.54, 1.807) is 31.2 Å². The van der Waals surface area contributed by atoms with Gasteiger partial charge in [-0.05, 0) is 37.6 Å². The third-order valence-electron chi connectivity index (χ3n) is 3.25. The van der Waals surface area contributed by atoms with Gasteiger partial charge in [-0.25, -0.2) is 8.42 Å². The third-order valence-corrected chi connectivity index (χ3v) is 5.22. The number of carbonyl (C=O) groups excluding carboxylic acids is 1. The van der Waals surface area contributed by atoms with Gasteiger partial charge in [-0.15, -0.1) is 0 Å². The summed E-state index contributed by atoms with van der Waals surface area (Å²) in [6.07, 6.45) is 0.510. The lowest BCUT2D eigenvalue weighted by Gasteiger charge is -2.10. The van der Waals surface area contributed by atoms with E-state index in [4.69, 9.17) is 0 Å². The highest BCUT2D eigenvalue weighted by Crippen LogP contribution is 2.19. The van der Waals surface area contributed by atoms with Crippen LogP contribution in [0, 0.1) is 6.92 Å². The number of benzene rings is 2. The van der Waals surface area contributed by atoms with E-state index < -0.39 is 15.7 Å². The highest BCUT2D eigenvalue weighted by Gasteiger charge is 2.21. The molecule has 0 unspecified atom stereocenters. The number of rotatable bonds is 5. The monoisotopic (exact) mass is 317 g/mol. The number of amides is 1. The molecular weight excluding hydrogens is 298 g/mol. The molecule has 0 aliphatic carbocycles. The molecule has 0 heterocycles. The van der Waals surface area contributed by atoms with Crippen LogP contribution in [0.15, 0.2) is 53.4 Å². The quantitative estimate of drug-likeness (QED) is 0.919. The summed E-state index contributed by atoms with van der Waals surface area (Å²) in [6.45, 7) is 3.75. The molecule has 22 heavy (non-hydrogen) atoms.